The van der Waals surface area contributed by atoms with E-state index in [1.165, 1.54) is 11.3 Å². The van der Waals surface area contributed by atoms with E-state index in [0.29, 0.717) is 12.2 Å². The van der Waals surface area contributed by atoms with Crippen molar-refractivity contribution < 1.29 is 4.74 Å². The molecule has 0 unspecified atom stereocenters. The summed E-state index contributed by atoms with van der Waals surface area (Å²) in [5, 5.41) is 11.8. The van der Waals surface area contributed by atoms with Crippen LogP contribution in [0.25, 0.3) is 11.6 Å². The fraction of sp³-hybridized carbons (Fsp3) is 0.143. The maximum absolute atomic E-state index is 9.19. The normalized spacial score (nSPS) is 11.0. The summed E-state index contributed by atoms with van der Waals surface area (Å²) in [4.78, 5) is 4.15. The molecule has 18 heavy (non-hydrogen) atoms. The first-order chi connectivity index (χ1) is 8.85. The molecule has 0 radical (unpaired) electrons. The second-order valence-electron chi connectivity index (χ2n) is 3.48. The van der Waals surface area contributed by atoms with Crippen molar-refractivity contribution in [3.63, 3.8) is 0 Å². The first-order valence-corrected chi connectivity index (χ1v) is 6.46. The van der Waals surface area contributed by atoms with Crippen LogP contribution in [-0.4, -0.2) is 11.6 Å². The number of allylic oxidation sites excluding steroid dienone is 1. The number of hydrogen-bond acceptors (Lipinski definition) is 4. The van der Waals surface area contributed by atoms with Crippen LogP contribution in [0, 0.1) is 11.3 Å². The van der Waals surface area contributed by atoms with Crippen molar-refractivity contribution in [2.24, 2.45) is 0 Å². The number of ether oxygens (including phenoxy) is 1. The van der Waals surface area contributed by atoms with Crippen molar-refractivity contribution in [1.82, 2.24) is 4.98 Å². The zero-order valence-electron chi connectivity index (χ0n) is 9.96. The predicted molar refractivity (Wildman–Crippen MR) is 73.2 cm³/mol. The molecule has 90 valence electrons. The van der Waals surface area contributed by atoms with Crippen molar-refractivity contribution in [2.75, 3.05) is 6.61 Å². The van der Waals surface area contributed by atoms with Crippen LogP contribution in [0.15, 0.2) is 35.8 Å². The minimum absolute atomic E-state index is 0.553. The van der Waals surface area contributed by atoms with Crippen molar-refractivity contribution in [3.8, 4) is 11.8 Å². The largest absolute Gasteiger partial charge is 0.493 e. The molecule has 2 aromatic rings. The number of hydrogen-bond donors (Lipinski definition) is 0. The standard InChI is InChI=1S/C14H12N2OS/c1-2-17-13-6-4-3-5-11(13)9-12(10-15)14-16-7-8-18-14/h3-9H,2H2,1H3/b12-9+. The lowest BCUT2D eigenvalue weighted by molar-refractivity contribution is 0.339. The number of para-hydroxylation sites is 1. The van der Waals surface area contributed by atoms with Gasteiger partial charge in [-0.3, -0.25) is 0 Å². The molecular formula is C14H12N2OS. The van der Waals surface area contributed by atoms with Gasteiger partial charge in [-0.1, -0.05) is 18.2 Å². The third-order valence-corrected chi connectivity index (χ3v) is 3.11. The van der Waals surface area contributed by atoms with Gasteiger partial charge in [-0.05, 0) is 19.1 Å². The number of nitrogens with zero attached hydrogens (tertiary/aromatic N) is 2. The molecule has 1 heterocycles. The zero-order valence-corrected chi connectivity index (χ0v) is 10.8. The van der Waals surface area contributed by atoms with Gasteiger partial charge >= 0.3 is 0 Å². The maximum atomic E-state index is 9.19. The van der Waals surface area contributed by atoms with E-state index in [1.54, 1.807) is 6.20 Å². The number of nitriles is 1. The second kappa shape index (κ2) is 5.99. The van der Waals surface area contributed by atoms with E-state index in [4.69, 9.17) is 4.74 Å². The summed E-state index contributed by atoms with van der Waals surface area (Å²) in [7, 11) is 0. The SMILES string of the molecule is CCOc1ccccc1/C=C(\C#N)c1nccs1. The zero-order chi connectivity index (χ0) is 12.8. The van der Waals surface area contributed by atoms with E-state index in [0.717, 1.165) is 16.3 Å². The van der Waals surface area contributed by atoms with E-state index in [1.807, 2.05) is 42.6 Å². The van der Waals surface area contributed by atoms with Crippen LogP contribution < -0.4 is 4.74 Å². The highest BCUT2D eigenvalue weighted by atomic mass is 32.1. The van der Waals surface area contributed by atoms with Gasteiger partial charge in [-0.25, -0.2) is 4.98 Å². The van der Waals surface area contributed by atoms with Crippen LogP contribution in [0.5, 0.6) is 5.75 Å². The molecule has 0 aliphatic heterocycles. The number of aromatic nitrogens is 1. The van der Waals surface area contributed by atoms with Gasteiger partial charge in [-0.2, -0.15) is 5.26 Å². The summed E-state index contributed by atoms with van der Waals surface area (Å²) in [5.74, 6) is 0.782. The topological polar surface area (TPSA) is 45.9 Å². The lowest BCUT2D eigenvalue weighted by Crippen LogP contribution is -1.93. The molecule has 0 atom stereocenters. The summed E-state index contributed by atoms with van der Waals surface area (Å²) in [6, 6.07) is 9.83. The monoisotopic (exact) mass is 256 g/mol. The van der Waals surface area contributed by atoms with E-state index >= 15 is 0 Å². The molecule has 0 bridgehead atoms. The summed E-state index contributed by atoms with van der Waals surface area (Å²) in [5.41, 5.74) is 1.45. The molecule has 0 fully saturated rings. The molecule has 0 aliphatic rings. The van der Waals surface area contributed by atoms with Crippen LogP contribution in [0.4, 0.5) is 0 Å². The molecule has 4 heteroatoms. The van der Waals surface area contributed by atoms with Gasteiger partial charge in [0.25, 0.3) is 0 Å². The van der Waals surface area contributed by atoms with Gasteiger partial charge in [0.15, 0.2) is 0 Å². The van der Waals surface area contributed by atoms with Gasteiger partial charge in [0.05, 0.1) is 12.2 Å². The highest BCUT2D eigenvalue weighted by Crippen LogP contribution is 2.25. The fourth-order valence-corrected chi connectivity index (χ4v) is 2.14. The Morgan fingerprint density at radius 1 is 1.50 bits per heavy atom. The Hall–Kier alpha value is -2.12. The summed E-state index contributed by atoms with van der Waals surface area (Å²) < 4.78 is 5.53. The van der Waals surface area contributed by atoms with Crippen molar-refractivity contribution in [2.45, 2.75) is 6.92 Å². The van der Waals surface area contributed by atoms with Crippen molar-refractivity contribution in [1.29, 1.82) is 5.26 Å². The Bertz CT molecular complexity index is 582. The quantitative estimate of drug-likeness (QED) is 0.785. The van der Waals surface area contributed by atoms with Crippen LogP contribution in [0.1, 0.15) is 17.5 Å². The van der Waals surface area contributed by atoms with E-state index < -0.39 is 0 Å². The van der Waals surface area contributed by atoms with Crippen LogP contribution >= 0.6 is 11.3 Å². The number of benzene rings is 1. The van der Waals surface area contributed by atoms with E-state index in [9.17, 15) is 5.26 Å². The Labute approximate surface area is 110 Å². The molecule has 0 saturated heterocycles. The molecule has 0 N–H and O–H groups in total. The average Bonchev–Trinajstić information content (AvgIpc) is 2.92. The smallest absolute Gasteiger partial charge is 0.133 e. The average molecular weight is 256 g/mol. The maximum Gasteiger partial charge on any atom is 0.133 e. The molecule has 1 aromatic carbocycles. The van der Waals surface area contributed by atoms with E-state index in [-0.39, 0.29) is 0 Å². The third kappa shape index (κ3) is 2.76. The molecule has 3 nitrogen and oxygen atoms in total. The first kappa shape index (κ1) is 12.3. The van der Waals surface area contributed by atoms with Crippen LogP contribution in [0.3, 0.4) is 0 Å². The minimum Gasteiger partial charge on any atom is -0.493 e. The van der Waals surface area contributed by atoms with Gasteiger partial charge in [0, 0.05) is 17.1 Å². The van der Waals surface area contributed by atoms with Crippen molar-refractivity contribution in [3.05, 3.63) is 46.4 Å². The van der Waals surface area contributed by atoms with Gasteiger partial charge in [0.2, 0.25) is 0 Å². The van der Waals surface area contributed by atoms with Crippen molar-refractivity contribution >= 4 is 23.0 Å². The second-order valence-corrected chi connectivity index (χ2v) is 4.37. The molecule has 0 spiro atoms. The summed E-state index contributed by atoms with van der Waals surface area (Å²) in [6.45, 7) is 2.54. The highest BCUT2D eigenvalue weighted by molar-refractivity contribution is 7.10. The molecule has 0 saturated carbocycles. The molecular weight excluding hydrogens is 244 g/mol. The number of rotatable bonds is 4. The Morgan fingerprint density at radius 2 is 2.33 bits per heavy atom. The third-order valence-electron chi connectivity index (χ3n) is 2.30. The summed E-state index contributed by atoms with van der Waals surface area (Å²) >= 11 is 1.45. The minimum atomic E-state index is 0.553. The fourth-order valence-electron chi connectivity index (χ4n) is 1.54. The predicted octanol–water partition coefficient (Wildman–Crippen LogP) is 3.61. The summed E-state index contributed by atoms with van der Waals surface area (Å²) in [6.07, 6.45) is 3.50. The molecule has 1 aromatic heterocycles. The lowest BCUT2D eigenvalue weighted by Gasteiger charge is -2.06. The van der Waals surface area contributed by atoms with Crippen LogP contribution in [-0.2, 0) is 0 Å². The van der Waals surface area contributed by atoms with Gasteiger partial charge in [0.1, 0.15) is 16.8 Å². The Kier molecular flexibility index (Phi) is 4.11. The molecule has 2 rings (SSSR count). The van der Waals surface area contributed by atoms with Gasteiger partial charge < -0.3 is 4.74 Å². The number of thiazole rings is 1. The first-order valence-electron chi connectivity index (χ1n) is 5.58. The Balaban J connectivity index is 2.40. The molecule has 0 aliphatic carbocycles. The van der Waals surface area contributed by atoms with Gasteiger partial charge in [-0.15, -0.1) is 11.3 Å². The molecule has 0 amide bonds. The lowest BCUT2D eigenvalue weighted by atomic mass is 10.1. The van der Waals surface area contributed by atoms with E-state index in [2.05, 4.69) is 11.1 Å². The highest BCUT2D eigenvalue weighted by Gasteiger charge is 2.06. The Morgan fingerprint density at radius 3 is 3.00 bits per heavy atom. The van der Waals surface area contributed by atoms with Crippen LogP contribution in [0.2, 0.25) is 0 Å².